The molecule has 0 saturated carbocycles. The van der Waals surface area contributed by atoms with E-state index in [9.17, 15) is 0 Å². The minimum atomic E-state index is 0.903. The van der Waals surface area contributed by atoms with Crippen LogP contribution in [0.3, 0.4) is 0 Å². The van der Waals surface area contributed by atoms with Gasteiger partial charge in [-0.1, -0.05) is 459 Å². The van der Waals surface area contributed by atoms with E-state index in [-0.39, 0.29) is 0 Å². The Bertz CT molecular complexity index is 9470. The van der Waals surface area contributed by atoms with Crippen LogP contribution in [0.1, 0.15) is 26.3 Å². The molecule has 0 aliphatic heterocycles. The van der Waals surface area contributed by atoms with Crippen LogP contribution in [0.5, 0.6) is 0 Å². The zero-order chi connectivity index (χ0) is 96.4. The second kappa shape index (κ2) is 36.3. The van der Waals surface area contributed by atoms with E-state index in [0.29, 0.717) is 0 Å². The van der Waals surface area contributed by atoms with E-state index in [1.807, 2.05) is 12.1 Å². The fourth-order valence-corrected chi connectivity index (χ4v) is 21.6. The SMILES string of the molecule is [2H]C.[2H]C.[2H]C.c1ccc(-c2ccc(-c3c4ccccc4c(-c4cccc5c4oc4ccccc45)c4ccccc34)cc2)cc1.c1ccc(-c2ccc3c(-c4c5ccccc5c(-c5ccc6oc7ccc(-c8ccccc8)cc7c6c5)c5ccccc45)cccc3c2)cc1.c1ccc(-c2ccc3cc(-c4c5ccccc5c(-c5ccc6oc7cc(-c8ccccc8)ccc7c6c5)c5ccccc45)ccc3c2)cc1. The summed E-state index contributed by atoms with van der Waals surface area (Å²) in [5, 5.41) is 26.7. The Morgan fingerprint density at radius 3 is 0.821 bits per heavy atom. The molecule has 0 spiro atoms. The summed E-state index contributed by atoms with van der Waals surface area (Å²) >= 11 is 0. The predicted octanol–water partition coefficient (Wildman–Crippen LogP) is 40.2. The van der Waals surface area contributed by atoms with Crippen molar-refractivity contribution in [3.05, 3.63) is 510 Å². The molecule has 0 bridgehead atoms. The molecule has 0 unspecified atom stereocenters. The Hall–Kier alpha value is -18.0. The molecule has 28 rings (SSSR count). The van der Waals surface area contributed by atoms with Gasteiger partial charge in [0.15, 0.2) is 0 Å². The summed E-state index contributed by atoms with van der Waals surface area (Å²) in [5.41, 5.74) is 32.3. The van der Waals surface area contributed by atoms with Gasteiger partial charge in [0, 0.05) is 47.6 Å². The van der Waals surface area contributed by atoms with E-state index < -0.39 is 0 Å². The van der Waals surface area contributed by atoms with Crippen molar-refractivity contribution in [1.29, 1.82) is 0 Å². The summed E-state index contributed by atoms with van der Waals surface area (Å²) in [7, 11) is 3.75. The fourth-order valence-electron chi connectivity index (χ4n) is 21.6. The van der Waals surface area contributed by atoms with E-state index in [1.165, 1.54) is 220 Å². The predicted molar refractivity (Wildman–Crippen MR) is 601 cm³/mol. The first kappa shape index (κ1) is 82.6. The van der Waals surface area contributed by atoms with Crippen molar-refractivity contribution in [3.8, 4) is 122 Å². The molecule has 0 fully saturated rings. The van der Waals surface area contributed by atoms with Gasteiger partial charge in [0.25, 0.3) is 0 Å². The van der Waals surface area contributed by atoms with Crippen molar-refractivity contribution in [2.45, 2.75) is 22.2 Å². The largest absolute Gasteiger partial charge is 0.456 e. The number of para-hydroxylation sites is 2. The van der Waals surface area contributed by atoms with Gasteiger partial charge in [-0.2, -0.15) is 0 Å². The van der Waals surface area contributed by atoms with Gasteiger partial charge < -0.3 is 13.3 Å². The molecule has 0 saturated heterocycles. The quantitative estimate of drug-likeness (QED) is 0.121. The Kier molecular flexibility index (Phi) is 21.4. The van der Waals surface area contributed by atoms with E-state index in [2.05, 4.69) is 497 Å². The van der Waals surface area contributed by atoms with Crippen LogP contribution in [-0.2, 0) is 0 Å². The highest BCUT2D eigenvalue weighted by Gasteiger charge is 2.25. The molecular weight excluding hydrogens is 1690 g/mol. The number of fused-ring (bicyclic) bond motifs is 17. The van der Waals surface area contributed by atoms with E-state index >= 15 is 0 Å². The molecule has 0 radical (unpaired) electrons. The molecule has 0 aliphatic carbocycles. The molecule has 0 N–H and O–H groups in total. The molecule has 662 valence electrons. The van der Waals surface area contributed by atoms with Gasteiger partial charge in [-0.3, -0.25) is 0 Å². The summed E-state index contributed by atoms with van der Waals surface area (Å²) in [6, 6.07) is 184. The molecule has 28 aromatic rings. The lowest BCUT2D eigenvalue weighted by Gasteiger charge is -2.19. The fraction of sp³-hybridized carbons (Fsp3) is 0.0219. The standard InChI is InChI=1S/2C48H30O.C38H24O.3CH4/c1-3-12-31(13-4-1)33-22-25-37-35(28-33)16-11-21-38(37)48-41-19-9-7-17-39(41)47(40-18-8-10-20-42(40)48)36-24-27-46-44(30-36)43-29-34(23-26-45(43)49-46)32-14-5-2-6-15-32;1-3-11-31(12-4-1)33-19-20-35-28-37(22-21-34(35)27-33)47-40-15-7-9-17-42(40)48(43-18-10-8-16-41(43)47)38-24-26-45-44(29-38)39-25-23-36(30-46(39)49-45)32-13-5-2-6-14-32;1-2-11-25(12-3-1)26-21-23-27(24-22-26)36-29-14-4-6-16-31(29)37(32-17-7-5-15-30(32)36)34-19-10-18-33-28-13-8-9-20-35(28)39-38(33)34;;;/h2*1-30H;1-24H;3*1H4/i;;;3*1D. The van der Waals surface area contributed by atoms with Crippen LogP contribution < -0.4 is 0 Å². The maximum Gasteiger partial charge on any atom is 0.143 e. The van der Waals surface area contributed by atoms with Crippen LogP contribution in [0.15, 0.2) is 523 Å². The number of hydrogen-bond donors (Lipinski definition) is 0. The number of hydrogen-bond acceptors (Lipinski definition) is 3. The normalized spacial score (nSPS) is 11.6. The van der Waals surface area contributed by atoms with E-state index in [4.69, 9.17) is 17.4 Å². The molecule has 3 nitrogen and oxygen atoms in total. The summed E-state index contributed by atoms with van der Waals surface area (Å²) in [4.78, 5) is 0. The Morgan fingerprint density at radius 1 is 0.121 bits per heavy atom. The minimum absolute atomic E-state index is 0.903. The van der Waals surface area contributed by atoms with Crippen LogP contribution in [0, 0.1) is 0 Å². The van der Waals surface area contributed by atoms with Gasteiger partial charge in [-0.15, -0.1) is 0 Å². The van der Waals surface area contributed by atoms with Crippen molar-refractivity contribution in [2.75, 3.05) is 0 Å². The summed E-state index contributed by atoms with van der Waals surface area (Å²) in [5.74, 6) is 0. The smallest absolute Gasteiger partial charge is 0.143 e. The monoisotopic (exact) mass is 1790 g/mol. The second-order valence-corrected chi connectivity index (χ2v) is 35.8. The third-order valence-corrected chi connectivity index (χ3v) is 28.0. The Balaban J connectivity index is 0.000000117. The van der Waals surface area contributed by atoms with Gasteiger partial charge in [0.2, 0.25) is 0 Å². The topological polar surface area (TPSA) is 39.4 Å². The van der Waals surface area contributed by atoms with Crippen molar-refractivity contribution in [1.82, 2.24) is 0 Å². The summed E-state index contributed by atoms with van der Waals surface area (Å²) < 4.78 is 36.5. The van der Waals surface area contributed by atoms with Gasteiger partial charge in [-0.05, 0) is 270 Å². The van der Waals surface area contributed by atoms with Crippen LogP contribution in [0.25, 0.3) is 274 Å². The molecular formula is C137H96O3. The molecule has 0 amide bonds. The number of rotatable bonds is 11. The van der Waals surface area contributed by atoms with Gasteiger partial charge in [-0.25, -0.2) is 0 Å². The lowest BCUT2D eigenvalue weighted by Crippen LogP contribution is -1.91. The first-order chi connectivity index (χ1) is 70.9. The first-order valence-corrected chi connectivity index (χ1v) is 47.0. The van der Waals surface area contributed by atoms with E-state index in [1.54, 1.807) is 0 Å². The third-order valence-electron chi connectivity index (χ3n) is 28.0. The van der Waals surface area contributed by atoms with Crippen molar-refractivity contribution in [3.63, 3.8) is 0 Å². The maximum absolute atomic E-state index is 6.51. The van der Waals surface area contributed by atoms with Crippen LogP contribution in [0.4, 0.5) is 0 Å². The van der Waals surface area contributed by atoms with Crippen LogP contribution in [0.2, 0.25) is 0 Å². The Labute approximate surface area is 817 Å². The van der Waals surface area contributed by atoms with Crippen LogP contribution >= 0.6 is 0 Å². The molecule has 0 atom stereocenters. The molecule has 140 heavy (non-hydrogen) atoms. The van der Waals surface area contributed by atoms with E-state index in [0.717, 1.165) is 76.9 Å². The first-order valence-electron chi connectivity index (χ1n) is 50.0. The number of benzene rings is 25. The minimum Gasteiger partial charge on any atom is -0.456 e. The summed E-state index contributed by atoms with van der Waals surface area (Å²) in [6.45, 7) is 0. The van der Waals surface area contributed by atoms with Crippen LogP contribution in [-0.4, -0.2) is 0 Å². The molecule has 25 aromatic carbocycles. The highest BCUT2D eigenvalue weighted by molar-refractivity contribution is 6.28. The molecule has 0 aliphatic rings. The zero-order valence-corrected chi connectivity index (χ0v) is 77.7. The van der Waals surface area contributed by atoms with Gasteiger partial charge in [0.1, 0.15) is 33.5 Å². The number of furan rings is 3. The molecule has 3 heteroatoms. The van der Waals surface area contributed by atoms with Gasteiger partial charge in [0.05, 0.1) is 0 Å². The Morgan fingerprint density at radius 2 is 0.371 bits per heavy atom. The summed E-state index contributed by atoms with van der Waals surface area (Å²) in [6.07, 6.45) is 0. The van der Waals surface area contributed by atoms with Crippen molar-refractivity contribution >= 4 is 152 Å². The third kappa shape index (κ3) is 15.0. The zero-order valence-electron chi connectivity index (χ0n) is 80.7. The molecule has 3 heterocycles. The lowest BCUT2D eigenvalue weighted by molar-refractivity contribution is 0.668. The van der Waals surface area contributed by atoms with Gasteiger partial charge >= 0.3 is 0 Å². The second-order valence-electron chi connectivity index (χ2n) is 35.8. The average molecular weight is 1790 g/mol. The molecule has 3 aromatic heterocycles. The maximum atomic E-state index is 6.51. The average Bonchev–Trinajstić information content (AvgIpc) is 1.57. The highest BCUT2D eigenvalue weighted by atomic mass is 16.3. The highest BCUT2D eigenvalue weighted by Crippen LogP contribution is 2.52. The van der Waals surface area contributed by atoms with Crippen molar-refractivity contribution in [2.24, 2.45) is 0 Å². The lowest BCUT2D eigenvalue weighted by atomic mass is 9.84. The van der Waals surface area contributed by atoms with Crippen molar-refractivity contribution < 1.29 is 17.4 Å².